The Labute approximate surface area is 119 Å². The monoisotopic (exact) mass is 268 g/mol. The molecule has 0 bridgehead atoms. The third-order valence-corrected chi connectivity index (χ3v) is 4.14. The van der Waals surface area contributed by atoms with Gasteiger partial charge in [0.1, 0.15) is 5.84 Å². The summed E-state index contributed by atoms with van der Waals surface area (Å²) in [6, 6.07) is 8.09. The van der Waals surface area contributed by atoms with E-state index in [2.05, 4.69) is 22.9 Å². The smallest absolute Gasteiger partial charge is 0.126 e. The lowest BCUT2D eigenvalue weighted by molar-refractivity contribution is 0.439. The van der Waals surface area contributed by atoms with E-state index in [4.69, 9.17) is 11.1 Å². The second-order valence-corrected chi connectivity index (χ2v) is 5.62. The summed E-state index contributed by atoms with van der Waals surface area (Å²) < 4.78 is 0. The first-order valence-electron chi connectivity index (χ1n) is 7.14. The maximum Gasteiger partial charge on any atom is 0.126 e. The number of nitrogen functional groups attached to an aromatic ring is 1. The topological polar surface area (TPSA) is 66.0 Å². The fraction of sp³-hybridized carbons (Fsp3) is 0.375. The number of rotatable bonds is 2. The predicted octanol–water partition coefficient (Wildman–Crippen LogP) is 2.76. The van der Waals surface area contributed by atoms with Crippen molar-refractivity contribution in [2.45, 2.75) is 19.8 Å². The van der Waals surface area contributed by atoms with E-state index in [1.165, 1.54) is 12.8 Å². The molecule has 0 unspecified atom stereocenters. The van der Waals surface area contributed by atoms with Gasteiger partial charge in [-0.1, -0.05) is 25.1 Å². The lowest BCUT2D eigenvalue weighted by Gasteiger charge is -2.34. The molecule has 4 heteroatoms. The summed E-state index contributed by atoms with van der Waals surface area (Å²) in [4.78, 5) is 6.79. The molecule has 1 aliphatic heterocycles. The standard InChI is InChI=1S/C16H20N4/c1-11-6-8-20(9-7-11)15-12-4-2-3-5-14(12)19-10-13(15)16(17)18/h2-5,10-11H,6-9H2,1H3,(H3,17,18). The van der Waals surface area contributed by atoms with Crippen LogP contribution in [0.1, 0.15) is 25.3 Å². The van der Waals surface area contributed by atoms with E-state index in [9.17, 15) is 0 Å². The molecule has 0 radical (unpaired) electrons. The summed E-state index contributed by atoms with van der Waals surface area (Å²) >= 11 is 0. The molecule has 3 rings (SSSR count). The Hall–Kier alpha value is -2.10. The molecule has 1 aromatic heterocycles. The first-order chi connectivity index (χ1) is 9.66. The molecule has 0 amide bonds. The van der Waals surface area contributed by atoms with Crippen molar-refractivity contribution in [3.63, 3.8) is 0 Å². The van der Waals surface area contributed by atoms with E-state index < -0.39 is 0 Å². The second-order valence-electron chi connectivity index (χ2n) is 5.62. The van der Waals surface area contributed by atoms with Crippen LogP contribution in [0.4, 0.5) is 5.69 Å². The summed E-state index contributed by atoms with van der Waals surface area (Å²) in [5.41, 5.74) is 8.55. The molecule has 2 heterocycles. The van der Waals surface area contributed by atoms with E-state index in [0.29, 0.717) is 0 Å². The third-order valence-electron chi connectivity index (χ3n) is 4.14. The molecule has 20 heavy (non-hydrogen) atoms. The van der Waals surface area contributed by atoms with Crippen LogP contribution in [0, 0.1) is 11.3 Å². The minimum Gasteiger partial charge on any atom is -0.384 e. The van der Waals surface area contributed by atoms with Crippen molar-refractivity contribution < 1.29 is 0 Å². The molecule has 104 valence electrons. The highest BCUT2D eigenvalue weighted by Crippen LogP contribution is 2.32. The predicted molar refractivity (Wildman–Crippen MR) is 83.4 cm³/mol. The highest BCUT2D eigenvalue weighted by molar-refractivity contribution is 6.07. The summed E-state index contributed by atoms with van der Waals surface area (Å²) in [5, 5.41) is 8.91. The number of amidine groups is 1. The lowest BCUT2D eigenvalue weighted by Crippen LogP contribution is -2.34. The molecule has 3 N–H and O–H groups in total. The molecular weight excluding hydrogens is 248 g/mol. The fourth-order valence-corrected chi connectivity index (χ4v) is 2.90. The van der Waals surface area contributed by atoms with Crippen molar-refractivity contribution in [2.24, 2.45) is 11.7 Å². The number of para-hydroxylation sites is 1. The molecule has 4 nitrogen and oxygen atoms in total. The van der Waals surface area contributed by atoms with Gasteiger partial charge in [0, 0.05) is 24.7 Å². The minimum atomic E-state index is 0.0943. The van der Waals surface area contributed by atoms with Crippen LogP contribution in [-0.2, 0) is 0 Å². The Bertz CT molecular complexity index is 642. The molecule has 0 atom stereocenters. The van der Waals surface area contributed by atoms with Crippen molar-refractivity contribution in [3.05, 3.63) is 36.0 Å². The summed E-state index contributed by atoms with van der Waals surface area (Å²) in [6.45, 7) is 4.35. The van der Waals surface area contributed by atoms with Gasteiger partial charge in [-0.25, -0.2) is 0 Å². The molecule has 1 aromatic carbocycles. The molecule has 2 aromatic rings. The Morgan fingerprint density at radius 3 is 2.70 bits per heavy atom. The second kappa shape index (κ2) is 5.12. The van der Waals surface area contributed by atoms with E-state index in [0.717, 1.165) is 41.2 Å². The fourth-order valence-electron chi connectivity index (χ4n) is 2.90. The normalized spacial score (nSPS) is 16.6. The summed E-state index contributed by atoms with van der Waals surface area (Å²) in [6.07, 6.45) is 4.11. The van der Waals surface area contributed by atoms with Crippen LogP contribution in [0.5, 0.6) is 0 Å². The first kappa shape index (κ1) is 12.9. The van der Waals surface area contributed by atoms with Crippen LogP contribution in [0.2, 0.25) is 0 Å². The van der Waals surface area contributed by atoms with Crippen molar-refractivity contribution in [2.75, 3.05) is 18.0 Å². The maximum atomic E-state index is 7.82. The number of piperidine rings is 1. The van der Waals surface area contributed by atoms with Gasteiger partial charge in [0.05, 0.1) is 16.8 Å². The number of hydrogen-bond donors (Lipinski definition) is 2. The van der Waals surface area contributed by atoms with Crippen LogP contribution < -0.4 is 10.6 Å². The zero-order chi connectivity index (χ0) is 14.1. The van der Waals surface area contributed by atoms with Crippen LogP contribution in [0.25, 0.3) is 10.9 Å². The van der Waals surface area contributed by atoms with Gasteiger partial charge < -0.3 is 10.6 Å². The molecule has 1 saturated heterocycles. The van der Waals surface area contributed by atoms with E-state index in [-0.39, 0.29) is 5.84 Å². The molecule has 1 fully saturated rings. The van der Waals surface area contributed by atoms with Crippen LogP contribution in [0.15, 0.2) is 30.5 Å². The van der Waals surface area contributed by atoms with Crippen molar-refractivity contribution >= 4 is 22.4 Å². The number of anilines is 1. The van der Waals surface area contributed by atoms with Gasteiger partial charge in [-0.05, 0) is 24.8 Å². The number of nitrogens with one attached hydrogen (secondary N) is 1. The van der Waals surface area contributed by atoms with Crippen molar-refractivity contribution in [3.8, 4) is 0 Å². The Balaban J connectivity index is 2.15. The van der Waals surface area contributed by atoms with Crippen molar-refractivity contribution in [1.29, 1.82) is 5.41 Å². The number of nitrogens with two attached hydrogens (primary N) is 1. The number of fused-ring (bicyclic) bond motifs is 1. The summed E-state index contributed by atoms with van der Waals surface area (Å²) in [5.74, 6) is 0.872. The van der Waals surface area contributed by atoms with Crippen LogP contribution in [-0.4, -0.2) is 23.9 Å². The minimum absolute atomic E-state index is 0.0943. The molecular formula is C16H20N4. The van der Waals surface area contributed by atoms with E-state index in [1.54, 1.807) is 6.20 Å². The number of aromatic nitrogens is 1. The third kappa shape index (κ3) is 2.22. The number of hydrogen-bond acceptors (Lipinski definition) is 3. The number of nitrogens with zero attached hydrogens (tertiary/aromatic N) is 2. The Morgan fingerprint density at radius 1 is 1.30 bits per heavy atom. The number of pyridine rings is 1. The highest BCUT2D eigenvalue weighted by Gasteiger charge is 2.21. The highest BCUT2D eigenvalue weighted by atomic mass is 15.1. The quantitative estimate of drug-likeness (QED) is 0.650. The van der Waals surface area contributed by atoms with Gasteiger partial charge >= 0.3 is 0 Å². The van der Waals surface area contributed by atoms with Gasteiger partial charge in [-0.15, -0.1) is 0 Å². The SMILES string of the molecule is CC1CCN(c2c(C(=N)N)cnc3ccccc23)CC1. The van der Waals surface area contributed by atoms with Gasteiger partial charge in [0.2, 0.25) is 0 Å². The first-order valence-corrected chi connectivity index (χ1v) is 7.14. The Kier molecular flexibility index (Phi) is 3.30. The van der Waals surface area contributed by atoms with E-state index in [1.807, 2.05) is 18.2 Å². The largest absolute Gasteiger partial charge is 0.384 e. The van der Waals surface area contributed by atoms with Gasteiger partial charge in [-0.2, -0.15) is 0 Å². The molecule has 0 spiro atoms. The number of benzene rings is 1. The van der Waals surface area contributed by atoms with Crippen molar-refractivity contribution in [1.82, 2.24) is 4.98 Å². The molecule has 0 saturated carbocycles. The van der Waals surface area contributed by atoms with Gasteiger partial charge in [0.25, 0.3) is 0 Å². The van der Waals surface area contributed by atoms with Crippen LogP contribution in [0.3, 0.4) is 0 Å². The molecule has 1 aliphatic rings. The average Bonchev–Trinajstić information content (AvgIpc) is 2.47. The van der Waals surface area contributed by atoms with Gasteiger partial charge in [0.15, 0.2) is 0 Å². The lowest BCUT2D eigenvalue weighted by atomic mass is 9.97. The zero-order valence-corrected chi connectivity index (χ0v) is 11.8. The maximum absolute atomic E-state index is 7.82. The van der Waals surface area contributed by atoms with Gasteiger partial charge in [-0.3, -0.25) is 10.4 Å². The zero-order valence-electron chi connectivity index (χ0n) is 11.8. The summed E-state index contributed by atoms with van der Waals surface area (Å²) in [7, 11) is 0. The van der Waals surface area contributed by atoms with Crippen LogP contribution >= 0.6 is 0 Å². The average molecular weight is 268 g/mol. The van der Waals surface area contributed by atoms with E-state index >= 15 is 0 Å². The molecule has 0 aliphatic carbocycles. The Morgan fingerprint density at radius 2 is 2.00 bits per heavy atom.